The van der Waals surface area contributed by atoms with Crippen molar-refractivity contribution < 1.29 is 8.42 Å². The molecule has 0 aromatic heterocycles. The van der Waals surface area contributed by atoms with Crippen LogP contribution in [-0.4, -0.2) is 31.9 Å². The van der Waals surface area contributed by atoms with E-state index in [1.54, 1.807) is 0 Å². The van der Waals surface area contributed by atoms with Crippen molar-refractivity contribution in [1.82, 2.24) is 0 Å². The Balaban J connectivity index is 2.11. The first-order chi connectivity index (χ1) is 11.0. The maximum absolute atomic E-state index is 12.0. The van der Waals surface area contributed by atoms with Gasteiger partial charge in [-0.05, 0) is 36.8 Å². The summed E-state index contributed by atoms with van der Waals surface area (Å²) in [5, 5.41) is 2.80. The van der Waals surface area contributed by atoms with E-state index in [2.05, 4.69) is 36.3 Å². The molecule has 1 heterocycles. The molecule has 0 amide bonds. The summed E-state index contributed by atoms with van der Waals surface area (Å²) in [5.74, 6) is 0.570. The molecule has 1 aliphatic heterocycles. The third-order valence-electron chi connectivity index (χ3n) is 4.43. The summed E-state index contributed by atoms with van der Waals surface area (Å²) in [5.41, 5.74) is 9.38. The maximum Gasteiger partial charge on any atom is 0.193 e. The molecule has 0 aliphatic carbocycles. The van der Waals surface area contributed by atoms with Crippen molar-refractivity contribution in [1.29, 1.82) is 0 Å². The van der Waals surface area contributed by atoms with E-state index in [1.807, 2.05) is 6.07 Å². The number of hydrogen-bond donors (Lipinski definition) is 2. The number of rotatable bonds is 5. The van der Waals surface area contributed by atoms with Gasteiger partial charge in [-0.2, -0.15) is 0 Å². The van der Waals surface area contributed by atoms with Gasteiger partial charge in [0.05, 0.1) is 17.5 Å². The zero-order valence-corrected chi connectivity index (χ0v) is 14.8. The van der Waals surface area contributed by atoms with E-state index in [-0.39, 0.29) is 17.5 Å². The fourth-order valence-corrected chi connectivity index (χ4v) is 4.76. The number of nitrogens with one attached hydrogen (secondary N) is 1. The van der Waals surface area contributed by atoms with Crippen molar-refractivity contribution in [3.63, 3.8) is 0 Å². The predicted octanol–water partition coefficient (Wildman–Crippen LogP) is 2.51. The smallest absolute Gasteiger partial charge is 0.193 e. The zero-order chi connectivity index (χ0) is 16.9. The van der Waals surface area contributed by atoms with Gasteiger partial charge in [0.2, 0.25) is 0 Å². The molecule has 1 aromatic carbocycles. The van der Waals surface area contributed by atoms with Crippen molar-refractivity contribution in [2.45, 2.75) is 51.2 Å². The number of nitrogens with two attached hydrogens (primary N) is 1. The van der Waals surface area contributed by atoms with E-state index in [0.717, 1.165) is 31.4 Å². The minimum absolute atomic E-state index is 0.247. The maximum atomic E-state index is 12.0. The molecule has 3 N–H and O–H groups in total. The molecule has 1 unspecified atom stereocenters. The first-order valence-corrected chi connectivity index (χ1v) is 10.1. The van der Waals surface area contributed by atoms with Crippen LogP contribution in [0.25, 0.3) is 0 Å². The van der Waals surface area contributed by atoms with Gasteiger partial charge in [0.15, 0.2) is 15.8 Å². The average Bonchev–Trinajstić information content (AvgIpc) is 2.53. The molecule has 6 heteroatoms. The van der Waals surface area contributed by atoms with Gasteiger partial charge in [0, 0.05) is 5.69 Å². The van der Waals surface area contributed by atoms with E-state index < -0.39 is 9.84 Å². The van der Waals surface area contributed by atoms with Crippen molar-refractivity contribution in [3.05, 3.63) is 29.3 Å². The van der Waals surface area contributed by atoms with Gasteiger partial charge in [-0.25, -0.2) is 8.42 Å². The number of nitrogens with zero attached hydrogens (tertiary/aromatic N) is 1. The molecule has 1 atom stereocenters. The average molecular weight is 337 g/mol. The van der Waals surface area contributed by atoms with Crippen LogP contribution in [0, 0.1) is 0 Å². The summed E-state index contributed by atoms with van der Waals surface area (Å²) in [6.07, 6.45) is 4.21. The van der Waals surface area contributed by atoms with Crippen molar-refractivity contribution in [2.24, 2.45) is 10.7 Å². The molecule has 1 fully saturated rings. The standard InChI is InChI=1S/C17H27N3O2S/c1-3-13-8-7-9-14(4-2)16(13)20-17(18)19-12-15-10-5-6-11-23(15,21)22/h7-9,15H,3-6,10-12H2,1-2H3,(H3,18,19,20). The number of guanidine groups is 1. The van der Waals surface area contributed by atoms with Gasteiger partial charge in [0.1, 0.15) is 0 Å². The van der Waals surface area contributed by atoms with Gasteiger partial charge in [-0.15, -0.1) is 0 Å². The second kappa shape index (κ2) is 7.81. The highest BCUT2D eigenvalue weighted by molar-refractivity contribution is 7.92. The highest BCUT2D eigenvalue weighted by Gasteiger charge is 2.28. The number of hydrogen-bond acceptors (Lipinski definition) is 3. The second-order valence-corrected chi connectivity index (χ2v) is 8.39. The van der Waals surface area contributed by atoms with E-state index in [9.17, 15) is 8.42 Å². The fraction of sp³-hybridized carbons (Fsp3) is 0.588. The zero-order valence-electron chi connectivity index (χ0n) is 14.0. The Kier molecular flexibility index (Phi) is 6.04. The van der Waals surface area contributed by atoms with Crippen LogP contribution in [0.5, 0.6) is 0 Å². The van der Waals surface area contributed by atoms with Crippen molar-refractivity contribution in [3.8, 4) is 0 Å². The first-order valence-electron chi connectivity index (χ1n) is 8.37. The van der Waals surface area contributed by atoms with Gasteiger partial charge in [-0.1, -0.05) is 38.5 Å². The Morgan fingerprint density at radius 1 is 1.26 bits per heavy atom. The Labute approximate surface area is 139 Å². The van der Waals surface area contributed by atoms with Gasteiger partial charge in [-0.3, -0.25) is 4.99 Å². The molecule has 2 rings (SSSR count). The summed E-state index contributed by atoms with van der Waals surface area (Å²) in [4.78, 5) is 4.29. The Bertz CT molecular complexity index is 646. The van der Waals surface area contributed by atoms with Crippen LogP contribution < -0.4 is 11.1 Å². The molecule has 0 spiro atoms. The molecule has 1 aliphatic rings. The summed E-state index contributed by atoms with van der Waals surface area (Å²) in [6, 6.07) is 6.19. The molecule has 1 aromatic rings. The van der Waals surface area contributed by atoms with Crippen LogP contribution in [0.2, 0.25) is 0 Å². The summed E-state index contributed by atoms with van der Waals surface area (Å²) in [6.45, 7) is 4.45. The molecule has 5 nitrogen and oxygen atoms in total. The third-order valence-corrected chi connectivity index (χ3v) is 6.69. The van der Waals surface area contributed by atoms with Crippen molar-refractivity contribution in [2.75, 3.05) is 17.6 Å². The van der Waals surface area contributed by atoms with E-state index in [1.165, 1.54) is 11.1 Å². The minimum Gasteiger partial charge on any atom is -0.370 e. The highest BCUT2D eigenvalue weighted by Crippen LogP contribution is 2.23. The van der Waals surface area contributed by atoms with E-state index in [4.69, 9.17) is 5.73 Å². The number of para-hydroxylation sites is 1. The molecule has 23 heavy (non-hydrogen) atoms. The molecular weight excluding hydrogens is 310 g/mol. The second-order valence-electron chi connectivity index (χ2n) is 5.99. The number of aryl methyl sites for hydroxylation is 2. The summed E-state index contributed by atoms with van der Waals surface area (Å²) < 4.78 is 24.0. The quantitative estimate of drug-likeness (QED) is 0.638. The predicted molar refractivity (Wildman–Crippen MR) is 96.7 cm³/mol. The van der Waals surface area contributed by atoms with E-state index >= 15 is 0 Å². The molecule has 1 saturated heterocycles. The molecule has 0 bridgehead atoms. The van der Waals surface area contributed by atoms with Crippen LogP contribution in [0.4, 0.5) is 5.69 Å². The largest absolute Gasteiger partial charge is 0.370 e. The monoisotopic (exact) mass is 337 g/mol. The molecular formula is C17H27N3O2S. The van der Waals surface area contributed by atoms with Gasteiger partial charge >= 0.3 is 0 Å². The third kappa shape index (κ3) is 4.47. The normalized spacial score (nSPS) is 21.1. The van der Waals surface area contributed by atoms with Crippen LogP contribution in [-0.2, 0) is 22.7 Å². The first kappa shape index (κ1) is 17.8. The lowest BCUT2D eigenvalue weighted by molar-refractivity contribution is 0.541. The lowest BCUT2D eigenvalue weighted by Crippen LogP contribution is -2.33. The molecule has 128 valence electrons. The van der Waals surface area contributed by atoms with Crippen LogP contribution >= 0.6 is 0 Å². The number of sulfone groups is 1. The lowest BCUT2D eigenvalue weighted by Gasteiger charge is -2.21. The van der Waals surface area contributed by atoms with Crippen molar-refractivity contribution >= 4 is 21.5 Å². The lowest BCUT2D eigenvalue weighted by atomic mass is 10.0. The van der Waals surface area contributed by atoms with Crippen LogP contribution in [0.3, 0.4) is 0 Å². The van der Waals surface area contributed by atoms with Crippen LogP contribution in [0.1, 0.15) is 44.2 Å². The van der Waals surface area contributed by atoms with Crippen LogP contribution in [0.15, 0.2) is 23.2 Å². The topological polar surface area (TPSA) is 84.5 Å². The SMILES string of the molecule is CCc1cccc(CC)c1NC(N)=NCC1CCCCS1(=O)=O. The summed E-state index contributed by atoms with van der Waals surface area (Å²) >= 11 is 0. The number of anilines is 1. The molecule has 0 saturated carbocycles. The fourth-order valence-electron chi connectivity index (χ4n) is 3.00. The minimum atomic E-state index is -3.01. The van der Waals surface area contributed by atoms with Gasteiger partial charge < -0.3 is 11.1 Å². The summed E-state index contributed by atoms with van der Waals surface area (Å²) in [7, 11) is -3.01. The molecule has 0 radical (unpaired) electrons. The Morgan fingerprint density at radius 3 is 2.48 bits per heavy atom. The van der Waals surface area contributed by atoms with E-state index in [0.29, 0.717) is 12.4 Å². The Morgan fingerprint density at radius 2 is 1.91 bits per heavy atom. The highest BCUT2D eigenvalue weighted by atomic mass is 32.2. The Hall–Kier alpha value is -1.56. The number of aliphatic imine (C=N–C) groups is 1. The van der Waals surface area contributed by atoms with Gasteiger partial charge in [0.25, 0.3) is 0 Å². The number of benzene rings is 1.